The van der Waals surface area contributed by atoms with Gasteiger partial charge in [0.1, 0.15) is 5.75 Å². The molecule has 0 amide bonds. The molecular formula is C37H53NO3. The summed E-state index contributed by atoms with van der Waals surface area (Å²) >= 11 is 0. The Morgan fingerprint density at radius 3 is 2.68 bits per heavy atom. The first kappa shape index (κ1) is 28.2. The fourth-order valence-corrected chi connectivity index (χ4v) is 12.3. The number of aliphatic hydroxyl groups is 1. The maximum atomic E-state index is 10.7. The highest BCUT2D eigenvalue weighted by molar-refractivity contribution is 5.40. The molecule has 2 spiro atoms. The molecule has 1 aromatic carbocycles. The second kappa shape index (κ2) is 9.73. The molecule has 7 aliphatic rings. The molecule has 10 atom stereocenters. The van der Waals surface area contributed by atoms with Gasteiger partial charge < -0.3 is 20.7 Å². The van der Waals surface area contributed by atoms with E-state index in [2.05, 4.69) is 45.6 Å². The molecule has 4 N–H and O–H groups in total. The summed E-state index contributed by atoms with van der Waals surface area (Å²) in [6.45, 7) is 9.49. The van der Waals surface area contributed by atoms with E-state index < -0.39 is 5.54 Å². The molecule has 4 nitrogen and oxygen atoms in total. The number of hydrogen-bond donors (Lipinski definition) is 3. The number of ether oxygens (including phenoxy) is 1. The van der Waals surface area contributed by atoms with E-state index in [0.717, 1.165) is 37.5 Å². The summed E-state index contributed by atoms with van der Waals surface area (Å²) in [4.78, 5) is 0. The number of phenolic OH excluding ortho intramolecular Hbond substituents is 1. The minimum atomic E-state index is -0.545. The Balaban J connectivity index is 1.38. The van der Waals surface area contributed by atoms with Gasteiger partial charge in [0, 0.05) is 30.4 Å². The fraction of sp³-hybridized carbons (Fsp3) is 0.784. The topological polar surface area (TPSA) is 75.7 Å². The van der Waals surface area contributed by atoms with Crippen LogP contribution in [0, 0.1) is 64.6 Å². The summed E-state index contributed by atoms with van der Waals surface area (Å²) in [5, 5.41) is 21.1. The van der Waals surface area contributed by atoms with Crippen LogP contribution < -0.4 is 5.73 Å². The molecule has 4 saturated carbocycles. The van der Waals surface area contributed by atoms with Crippen molar-refractivity contribution in [2.45, 2.75) is 121 Å². The van der Waals surface area contributed by atoms with Crippen LogP contribution in [0.3, 0.4) is 0 Å². The Morgan fingerprint density at radius 1 is 1.07 bits per heavy atom. The average molecular weight is 560 g/mol. The van der Waals surface area contributed by atoms with Crippen molar-refractivity contribution in [1.82, 2.24) is 0 Å². The second-order valence-electron chi connectivity index (χ2n) is 16.6. The van der Waals surface area contributed by atoms with Crippen LogP contribution in [0.5, 0.6) is 5.75 Å². The van der Waals surface area contributed by atoms with E-state index in [1.807, 2.05) is 12.1 Å². The highest BCUT2D eigenvalue weighted by Gasteiger charge is 2.74. The average Bonchev–Trinajstić information content (AvgIpc) is 3.25. The minimum absolute atomic E-state index is 0.0580. The molecule has 2 heterocycles. The lowest BCUT2D eigenvalue weighted by atomic mass is 9.40. The monoisotopic (exact) mass is 559 g/mol. The van der Waals surface area contributed by atoms with Crippen molar-refractivity contribution in [3.63, 3.8) is 0 Å². The first-order valence-corrected chi connectivity index (χ1v) is 16.9. The van der Waals surface area contributed by atoms with Crippen molar-refractivity contribution in [3.8, 4) is 17.6 Å². The Hall–Kier alpha value is -1.54. The van der Waals surface area contributed by atoms with Crippen molar-refractivity contribution >= 4 is 0 Å². The number of aromatic hydroxyl groups is 1. The van der Waals surface area contributed by atoms with E-state index in [1.165, 1.54) is 56.1 Å². The van der Waals surface area contributed by atoms with Crippen molar-refractivity contribution in [2.24, 2.45) is 58.5 Å². The van der Waals surface area contributed by atoms with Gasteiger partial charge in [-0.2, -0.15) is 0 Å². The molecule has 2 aliphatic heterocycles. The molecule has 6 fully saturated rings. The summed E-state index contributed by atoms with van der Waals surface area (Å²) < 4.78 is 7.50. The Labute approximate surface area is 248 Å². The van der Waals surface area contributed by atoms with Gasteiger partial charge in [-0.15, -0.1) is 0 Å². The van der Waals surface area contributed by atoms with Crippen LogP contribution >= 0.6 is 0 Å². The molecule has 224 valence electrons. The highest BCUT2D eigenvalue weighted by atomic mass is 16.5. The van der Waals surface area contributed by atoms with E-state index in [-0.39, 0.29) is 35.6 Å². The first-order chi connectivity index (χ1) is 19.5. The van der Waals surface area contributed by atoms with Crippen LogP contribution in [0.25, 0.3) is 0 Å². The molecule has 5 aliphatic carbocycles. The third kappa shape index (κ3) is 4.35. The standard InChI is InChI=1S/C37H53NO3/c1-23(2)14-24-12-13-35(18-24)19-25-15-27-9-11-31(40)17-26(27)6-5-7-32-36(30(16-25)21-35)20-28-8-10-29(22-39)37(32,38)33(28)34(3,4)41-36/h9,11,17,23-25,28-30,32-33,39-40H,6,8,10,12-16,18-22,38H2,1-4H3/t24-,25+,28-,29-,30+,32+,33-,35+,36+,37-/m0/s1. The molecule has 0 unspecified atom stereocenters. The molecule has 1 aromatic rings. The molecule has 2 saturated heterocycles. The van der Waals surface area contributed by atoms with Gasteiger partial charge in [-0.25, -0.2) is 0 Å². The molecule has 0 radical (unpaired) electrons. The zero-order valence-electron chi connectivity index (χ0n) is 25.9. The lowest BCUT2D eigenvalue weighted by Crippen LogP contribution is -2.82. The van der Waals surface area contributed by atoms with Crippen molar-refractivity contribution in [2.75, 3.05) is 6.61 Å². The van der Waals surface area contributed by atoms with Gasteiger partial charge >= 0.3 is 0 Å². The largest absolute Gasteiger partial charge is 0.508 e. The zero-order valence-corrected chi connectivity index (χ0v) is 25.9. The van der Waals surface area contributed by atoms with Gasteiger partial charge in [-0.1, -0.05) is 31.8 Å². The van der Waals surface area contributed by atoms with Crippen molar-refractivity contribution in [3.05, 3.63) is 29.3 Å². The van der Waals surface area contributed by atoms with Crippen molar-refractivity contribution in [1.29, 1.82) is 0 Å². The molecule has 0 aromatic heterocycles. The molecule has 41 heavy (non-hydrogen) atoms. The number of hydrogen-bond acceptors (Lipinski definition) is 4. The van der Waals surface area contributed by atoms with Crippen LogP contribution in [0.15, 0.2) is 18.2 Å². The summed E-state index contributed by atoms with van der Waals surface area (Å²) in [6.07, 6.45) is 14.0. The number of rotatable bonds is 3. The summed E-state index contributed by atoms with van der Waals surface area (Å²) in [5.41, 5.74) is 9.41. The van der Waals surface area contributed by atoms with Gasteiger partial charge in [0.05, 0.1) is 17.1 Å². The van der Waals surface area contributed by atoms with E-state index in [4.69, 9.17) is 10.5 Å². The van der Waals surface area contributed by atoms with E-state index >= 15 is 0 Å². The van der Waals surface area contributed by atoms with Crippen LogP contribution in [0.1, 0.15) is 103 Å². The van der Waals surface area contributed by atoms with Crippen LogP contribution in [0.4, 0.5) is 0 Å². The predicted molar refractivity (Wildman–Crippen MR) is 163 cm³/mol. The quantitative estimate of drug-likeness (QED) is 0.363. The summed E-state index contributed by atoms with van der Waals surface area (Å²) in [6, 6.07) is 5.97. The highest BCUT2D eigenvalue weighted by Crippen LogP contribution is 2.69. The lowest BCUT2D eigenvalue weighted by molar-refractivity contribution is -0.342. The normalized spacial score (nSPS) is 45.9. The van der Waals surface area contributed by atoms with E-state index in [1.54, 1.807) is 0 Å². The Morgan fingerprint density at radius 2 is 1.90 bits per heavy atom. The number of nitrogens with two attached hydrogens (primary N) is 1. The minimum Gasteiger partial charge on any atom is -0.508 e. The molecule has 6 bridgehead atoms. The third-order valence-corrected chi connectivity index (χ3v) is 13.1. The lowest BCUT2D eigenvalue weighted by Gasteiger charge is -2.73. The van der Waals surface area contributed by atoms with Crippen LogP contribution in [-0.2, 0) is 17.6 Å². The number of aliphatic hydroxyl groups excluding tert-OH is 1. The number of fused-ring (bicyclic) bond motifs is 4. The fourth-order valence-electron chi connectivity index (χ4n) is 12.3. The number of benzene rings is 1. The zero-order chi connectivity index (χ0) is 28.8. The summed E-state index contributed by atoms with van der Waals surface area (Å²) in [7, 11) is 0. The van der Waals surface area contributed by atoms with E-state index in [0.29, 0.717) is 35.3 Å². The van der Waals surface area contributed by atoms with Gasteiger partial charge in [0.2, 0.25) is 0 Å². The third-order valence-electron chi connectivity index (χ3n) is 13.1. The maximum absolute atomic E-state index is 10.7. The molecule has 8 rings (SSSR count). The predicted octanol–water partition coefficient (Wildman–Crippen LogP) is 6.64. The Kier molecular flexibility index (Phi) is 6.71. The van der Waals surface area contributed by atoms with Gasteiger partial charge in [-0.3, -0.25) is 0 Å². The van der Waals surface area contributed by atoms with Crippen LogP contribution in [0.2, 0.25) is 0 Å². The smallest absolute Gasteiger partial charge is 0.115 e. The maximum Gasteiger partial charge on any atom is 0.115 e. The SMILES string of the molecule is CC(C)C[C@@H]1CC[C@]2(C[C@@H]3Cc4ccc(O)cc4CC#C[C@@H]4[C@@]5(C[C@@H]6CC[C@@H](CO)[C@@]4(N)[C@@H]6C(C)(C)O5)[C@H](C3)C2)C1. The first-order valence-electron chi connectivity index (χ1n) is 16.9. The van der Waals surface area contributed by atoms with E-state index in [9.17, 15) is 10.2 Å². The molecule has 4 heteroatoms. The second-order valence-corrected chi connectivity index (χ2v) is 16.6. The Bertz CT molecular complexity index is 1240. The van der Waals surface area contributed by atoms with Gasteiger partial charge in [0.25, 0.3) is 0 Å². The summed E-state index contributed by atoms with van der Waals surface area (Å²) in [5.74, 6) is 11.1. The van der Waals surface area contributed by atoms with Gasteiger partial charge in [0.15, 0.2) is 0 Å². The molecular weight excluding hydrogens is 506 g/mol. The van der Waals surface area contributed by atoms with Gasteiger partial charge in [-0.05, 0) is 143 Å². The number of phenols is 1. The van der Waals surface area contributed by atoms with Crippen LogP contribution in [-0.4, -0.2) is 33.6 Å². The van der Waals surface area contributed by atoms with Crippen molar-refractivity contribution < 1.29 is 14.9 Å².